The number of ether oxygens (including phenoxy) is 1. The molecule has 0 saturated heterocycles. The lowest BCUT2D eigenvalue weighted by Gasteiger charge is -2.30. The van der Waals surface area contributed by atoms with Crippen molar-refractivity contribution >= 4 is 29.1 Å². The molecule has 118 valence electrons. The Morgan fingerprint density at radius 2 is 2.00 bits per heavy atom. The van der Waals surface area contributed by atoms with E-state index >= 15 is 0 Å². The van der Waals surface area contributed by atoms with Crippen LogP contribution in [-0.2, 0) is 4.74 Å². The number of carbonyl (C=O) groups is 1. The summed E-state index contributed by atoms with van der Waals surface area (Å²) in [5.74, 6) is -0.374. The number of benzene rings is 1. The van der Waals surface area contributed by atoms with Crippen LogP contribution in [0.25, 0.3) is 0 Å². The van der Waals surface area contributed by atoms with Gasteiger partial charge < -0.3 is 15.8 Å². The van der Waals surface area contributed by atoms with E-state index in [1.54, 1.807) is 13.0 Å². The molecule has 0 spiro atoms. The Balaban J connectivity index is 2.90. The first-order valence-corrected chi connectivity index (χ1v) is 8.60. The molecule has 1 aromatic carbocycles. The van der Waals surface area contributed by atoms with E-state index in [0.29, 0.717) is 17.9 Å². The van der Waals surface area contributed by atoms with Gasteiger partial charge >= 0.3 is 5.97 Å². The second kappa shape index (κ2) is 8.17. The lowest BCUT2D eigenvalue weighted by molar-refractivity contribution is 0.0527. The number of anilines is 2. The monoisotopic (exact) mass is 310 g/mol. The van der Waals surface area contributed by atoms with Gasteiger partial charge in [-0.15, -0.1) is 0 Å². The molecule has 0 fully saturated rings. The Kier molecular flexibility index (Phi) is 6.89. The fraction of sp³-hybridized carbons (Fsp3) is 0.562. The second-order valence-electron chi connectivity index (χ2n) is 4.94. The van der Waals surface area contributed by atoms with Crippen LogP contribution in [-0.4, -0.2) is 30.1 Å². The Morgan fingerprint density at radius 1 is 1.33 bits per heavy atom. The van der Waals surface area contributed by atoms with Crippen LogP contribution in [0.2, 0.25) is 0 Å². The predicted octanol–water partition coefficient (Wildman–Crippen LogP) is 3.78. The fourth-order valence-electron chi connectivity index (χ4n) is 2.22. The van der Waals surface area contributed by atoms with Crippen molar-refractivity contribution in [1.29, 1.82) is 0 Å². The van der Waals surface area contributed by atoms with Gasteiger partial charge in [-0.25, -0.2) is 4.79 Å². The number of thioether (sulfide) groups is 1. The van der Waals surface area contributed by atoms with Crippen LogP contribution in [0.5, 0.6) is 0 Å². The third kappa shape index (κ3) is 4.30. The highest BCUT2D eigenvalue weighted by atomic mass is 32.2. The number of para-hydroxylation sites is 1. The highest BCUT2D eigenvalue weighted by Crippen LogP contribution is 2.32. The molecule has 0 bridgehead atoms. The minimum absolute atomic E-state index is 0.187. The summed E-state index contributed by atoms with van der Waals surface area (Å²) >= 11 is 1.87. The molecule has 1 aromatic rings. The van der Waals surface area contributed by atoms with Crippen molar-refractivity contribution in [3.05, 3.63) is 23.8 Å². The molecule has 0 radical (unpaired) electrons. The number of hydrogen-bond donors (Lipinski definition) is 2. The highest BCUT2D eigenvalue weighted by Gasteiger charge is 2.25. The molecule has 21 heavy (non-hydrogen) atoms. The largest absolute Gasteiger partial charge is 0.462 e. The van der Waals surface area contributed by atoms with Crippen molar-refractivity contribution in [2.24, 2.45) is 0 Å². The number of rotatable bonds is 8. The smallest absolute Gasteiger partial charge is 0.340 e. The summed E-state index contributed by atoms with van der Waals surface area (Å²) in [5, 5.41) is 3.39. The van der Waals surface area contributed by atoms with Gasteiger partial charge in [0.2, 0.25) is 0 Å². The molecule has 0 aliphatic carbocycles. The maximum Gasteiger partial charge on any atom is 0.340 e. The average Bonchev–Trinajstić information content (AvgIpc) is 2.50. The van der Waals surface area contributed by atoms with Gasteiger partial charge in [0.15, 0.2) is 0 Å². The van der Waals surface area contributed by atoms with Crippen LogP contribution in [0.3, 0.4) is 0 Å². The molecule has 0 amide bonds. The van der Waals surface area contributed by atoms with E-state index in [1.807, 2.05) is 23.9 Å². The van der Waals surface area contributed by atoms with E-state index in [4.69, 9.17) is 10.5 Å². The molecular weight excluding hydrogens is 284 g/mol. The summed E-state index contributed by atoms with van der Waals surface area (Å²) in [6.07, 6.45) is 4.29. The van der Waals surface area contributed by atoms with Crippen LogP contribution >= 0.6 is 11.8 Å². The molecule has 0 heterocycles. The minimum atomic E-state index is -0.374. The first-order chi connectivity index (χ1) is 10.0. The van der Waals surface area contributed by atoms with Crippen LogP contribution < -0.4 is 11.1 Å². The quantitative estimate of drug-likeness (QED) is 0.565. The maximum atomic E-state index is 11.9. The Bertz CT molecular complexity index is 465. The Hall–Kier alpha value is -1.36. The van der Waals surface area contributed by atoms with Gasteiger partial charge in [-0.05, 0) is 38.2 Å². The van der Waals surface area contributed by atoms with E-state index in [-0.39, 0.29) is 10.7 Å². The molecule has 0 saturated carbocycles. The molecule has 4 nitrogen and oxygen atoms in total. The van der Waals surface area contributed by atoms with Gasteiger partial charge in [0.1, 0.15) is 0 Å². The minimum Gasteiger partial charge on any atom is -0.462 e. The summed E-state index contributed by atoms with van der Waals surface area (Å²) in [4.78, 5) is 11.9. The van der Waals surface area contributed by atoms with Crippen molar-refractivity contribution in [1.82, 2.24) is 0 Å². The van der Waals surface area contributed by atoms with Gasteiger partial charge in [0.25, 0.3) is 0 Å². The number of nitrogens with two attached hydrogens (primary N) is 1. The molecule has 0 aromatic heterocycles. The van der Waals surface area contributed by atoms with Crippen LogP contribution in [0, 0.1) is 0 Å². The van der Waals surface area contributed by atoms with E-state index in [1.165, 1.54) is 0 Å². The third-order valence-corrected chi connectivity index (χ3v) is 5.51. The van der Waals surface area contributed by atoms with Crippen molar-refractivity contribution in [2.75, 3.05) is 30.5 Å². The molecular formula is C16H26N2O2S. The van der Waals surface area contributed by atoms with Gasteiger partial charge in [-0.3, -0.25) is 0 Å². The summed E-state index contributed by atoms with van der Waals surface area (Å²) in [6.45, 7) is 7.33. The Labute approximate surface area is 131 Å². The van der Waals surface area contributed by atoms with Crippen molar-refractivity contribution in [3.63, 3.8) is 0 Å². The molecule has 0 aliphatic heterocycles. The number of carbonyl (C=O) groups excluding carboxylic acids is 1. The number of esters is 1. The highest BCUT2D eigenvalue weighted by molar-refractivity contribution is 8.00. The maximum absolute atomic E-state index is 11.9. The first kappa shape index (κ1) is 17.7. The number of nitrogens with one attached hydrogen (secondary N) is 1. The summed E-state index contributed by atoms with van der Waals surface area (Å²) in [6, 6.07) is 5.41. The van der Waals surface area contributed by atoms with E-state index < -0.39 is 0 Å². The van der Waals surface area contributed by atoms with Gasteiger partial charge in [-0.1, -0.05) is 19.9 Å². The summed E-state index contributed by atoms with van der Waals surface area (Å²) < 4.78 is 5.21. The van der Waals surface area contributed by atoms with Crippen LogP contribution in [0.4, 0.5) is 11.4 Å². The lowest BCUT2D eigenvalue weighted by atomic mass is 10.0. The SMILES string of the molecule is CCOC(=O)c1cccc(NCC(CC)(CC)SC)c1N. The third-order valence-electron chi connectivity index (χ3n) is 3.92. The van der Waals surface area contributed by atoms with Crippen LogP contribution in [0.15, 0.2) is 18.2 Å². The lowest BCUT2D eigenvalue weighted by Crippen LogP contribution is -2.32. The summed E-state index contributed by atoms with van der Waals surface area (Å²) in [5.41, 5.74) is 7.77. The van der Waals surface area contributed by atoms with Gasteiger partial charge in [0.05, 0.1) is 23.5 Å². The molecule has 3 N–H and O–H groups in total. The summed E-state index contributed by atoms with van der Waals surface area (Å²) in [7, 11) is 0. The molecule has 0 aliphatic rings. The standard InChI is InChI=1S/C16H26N2O2S/c1-5-16(6-2,21-4)11-18-13-10-8-9-12(14(13)17)15(19)20-7-3/h8-10,18H,5-7,11,17H2,1-4H3. The fourth-order valence-corrected chi connectivity index (χ4v) is 3.02. The predicted molar refractivity (Wildman–Crippen MR) is 92.1 cm³/mol. The molecule has 0 atom stereocenters. The molecule has 1 rings (SSSR count). The topological polar surface area (TPSA) is 64.3 Å². The van der Waals surface area contributed by atoms with Crippen molar-refractivity contribution in [2.45, 2.75) is 38.4 Å². The zero-order valence-electron chi connectivity index (χ0n) is 13.4. The van der Waals surface area contributed by atoms with Gasteiger partial charge in [0, 0.05) is 11.3 Å². The zero-order chi connectivity index (χ0) is 15.9. The molecule has 5 heteroatoms. The van der Waals surface area contributed by atoms with Crippen molar-refractivity contribution in [3.8, 4) is 0 Å². The van der Waals surface area contributed by atoms with Crippen molar-refractivity contribution < 1.29 is 9.53 Å². The average molecular weight is 310 g/mol. The molecule has 0 unspecified atom stereocenters. The number of hydrogen-bond acceptors (Lipinski definition) is 5. The normalized spacial score (nSPS) is 11.2. The first-order valence-electron chi connectivity index (χ1n) is 7.38. The second-order valence-corrected chi connectivity index (χ2v) is 6.21. The number of nitrogen functional groups attached to an aromatic ring is 1. The zero-order valence-corrected chi connectivity index (χ0v) is 14.2. The Morgan fingerprint density at radius 3 is 2.52 bits per heavy atom. The van der Waals surface area contributed by atoms with E-state index in [9.17, 15) is 4.79 Å². The van der Waals surface area contributed by atoms with E-state index in [2.05, 4.69) is 25.4 Å². The van der Waals surface area contributed by atoms with Crippen LogP contribution in [0.1, 0.15) is 44.0 Å². The van der Waals surface area contributed by atoms with E-state index in [0.717, 1.165) is 25.1 Å². The van der Waals surface area contributed by atoms with Gasteiger partial charge in [-0.2, -0.15) is 11.8 Å².